The molecule has 0 spiro atoms. The van der Waals surface area contributed by atoms with Crippen molar-refractivity contribution in [2.24, 2.45) is 0 Å². The van der Waals surface area contributed by atoms with Gasteiger partial charge in [0.2, 0.25) is 0 Å². The number of carbonyl (C=O) groups excluding carboxylic acids is 1. The third-order valence-corrected chi connectivity index (χ3v) is 6.53. The Hall–Kier alpha value is -1.57. The fraction of sp³-hybridized carbons (Fsp3) is 0.158. The average Bonchev–Trinajstić information content (AvgIpc) is 3.12. The first kappa shape index (κ1) is 17.8. The molecule has 1 aliphatic rings. The number of nitrogens with zero attached hydrogens (tertiary/aromatic N) is 1. The molecule has 3 aromatic rings. The molecule has 0 saturated carbocycles. The Morgan fingerprint density at radius 1 is 1.15 bits per heavy atom. The Morgan fingerprint density at radius 2 is 1.92 bits per heavy atom. The summed E-state index contributed by atoms with van der Waals surface area (Å²) in [5.74, 6) is 0.539. The van der Waals surface area contributed by atoms with Gasteiger partial charge < -0.3 is 9.32 Å². The van der Waals surface area contributed by atoms with Crippen molar-refractivity contribution in [2.45, 2.75) is 5.37 Å². The quantitative estimate of drug-likeness (QED) is 0.459. The van der Waals surface area contributed by atoms with Crippen molar-refractivity contribution < 1.29 is 9.21 Å². The van der Waals surface area contributed by atoms with Crippen LogP contribution >= 0.6 is 43.6 Å². The largest absolute Gasteiger partial charge is 0.421 e. The zero-order chi connectivity index (χ0) is 18.3. The van der Waals surface area contributed by atoms with Crippen LogP contribution in [0, 0.1) is 0 Å². The van der Waals surface area contributed by atoms with E-state index in [1.54, 1.807) is 28.8 Å². The van der Waals surface area contributed by atoms with Crippen molar-refractivity contribution in [3.05, 3.63) is 79.0 Å². The summed E-state index contributed by atoms with van der Waals surface area (Å²) in [7, 11) is 0. The lowest BCUT2D eigenvalue weighted by Crippen LogP contribution is -2.33. The molecule has 2 heterocycles. The molecule has 1 fully saturated rings. The fourth-order valence-electron chi connectivity index (χ4n) is 3.03. The smallest absolute Gasteiger partial charge is 0.349 e. The van der Waals surface area contributed by atoms with E-state index in [1.165, 1.54) is 0 Å². The summed E-state index contributed by atoms with van der Waals surface area (Å²) in [6.45, 7) is 0.600. The average molecular weight is 495 g/mol. The highest BCUT2D eigenvalue weighted by molar-refractivity contribution is 9.11. The van der Waals surface area contributed by atoms with Crippen LogP contribution in [0.25, 0.3) is 11.0 Å². The van der Waals surface area contributed by atoms with Gasteiger partial charge in [-0.3, -0.25) is 4.79 Å². The zero-order valence-corrected chi connectivity index (χ0v) is 17.4. The van der Waals surface area contributed by atoms with Crippen molar-refractivity contribution in [2.75, 3.05) is 12.3 Å². The second kappa shape index (κ2) is 7.21. The van der Waals surface area contributed by atoms with Gasteiger partial charge in [-0.25, -0.2) is 4.79 Å². The first-order valence-electron chi connectivity index (χ1n) is 7.95. The third-order valence-electron chi connectivity index (χ3n) is 4.22. The number of hydrogen-bond acceptors (Lipinski definition) is 4. The van der Waals surface area contributed by atoms with Crippen LogP contribution in [0.15, 0.2) is 66.7 Å². The van der Waals surface area contributed by atoms with Crippen molar-refractivity contribution in [3.8, 4) is 0 Å². The van der Waals surface area contributed by atoms with Gasteiger partial charge in [-0.1, -0.05) is 46.3 Å². The summed E-state index contributed by atoms with van der Waals surface area (Å²) in [6, 6.07) is 15.1. The van der Waals surface area contributed by atoms with Gasteiger partial charge in [-0.2, -0.15) is 0 Å². The second-order valence-corrected chi connectivity index (χ2v) is 8.84. The van der Waals surface area contributed by atoms with E-state index < -0.39 is 5.63 Å². The molecule has 26 heavy (non-hydrogen) atoms. The van der Waals surface area contributed by atoms with Gasteiger partial charge in [-0.05, 0) is 39.7 Å². The zero-order valence-electron chi connectivity index (χ0n) is 13.4. The number of amides is 1. The Labute approximate surface area is 170 Å². The van der Waals surface area contributed by atoms with Gasteiger partial charge in [0.1, 0.15) is 10.9 Å². The van der Waals surface area contributed by atoms with Gasteiger partial charge in [0.25, 0.3) is 5.91 Å². The first-order valence-corrected chi connectivity index (χ1v) is 10.6. The highest BCUT2D eigenvalue weighted by atomic mass is 79.9. The van der Waals surface area contributed by atoms with E-state index in [9.17, 15) is 9.59 Å². The molecule has 0 aliphatic carbocycles. The van der Waals surface area contributed by atoms with E-state index in [1.807, 2.05) is 36.4 Å². The maximum Gasteiger partial charge on any atom is 0.349 e. The molecule has 4 nitrogen and oxygen atoms in total. The Balaban J connectivity index is 1.76. The SMILES string of the molecule is O=C(c1cc2cc(Br)cc(Br)c2oc1=O)N1CCS[C@@H]1c1ccccc1. The predicted octanol–water partition coefficient (Wildman–Crippen LogP) is 5.21. The minimum atomic E-state index is -0.616. The van der Waals surface area contributed by atoms with E-state index in [0.29, 0.717) is 22.0 Å². The van der Waals surface area contributed by atoms with Gasteiger partial charge >= 0.3 is 5.63 Å². The number of thioether (sulfide) groups is 1. The van der Waals surface area contributed by atoms with Crippen molar-refractivity contribution in [1.82, 2.24) is 4.90 Å². The lowest BCUT2D eigenvalue weighted by Gasteiger charge is -2.23. The standard InChI is InChI=1S/C19H13Br2NO3S/c20-13-8-12-9-14(19(24)25-16(12)15(21)10-13)17(23)22-6-7-26-18(22)11-4-2-1-3-5-11/h1-5,8-10,18H,6-7H2/t18-/m1/s1. The van der Waals surface area contributed by atoms with E-state index >= 15 is 0 Å². The lowest BCUT2D eigenvalue weighted by molar-refractivity contribution is 0.0756. The van der Waals surface area contributed by atoms with E-state index in [4.69, 9.17) is 4.42 Å². The molecule has 7 heteroatoms. The summed E-state index contributed by atoms with van der Waals surface area (Å²) in [6.07, 6.45) is 0. The Morgan fingerprint density at radius 3 is 2.69 bits per heavy atom. The minimum absolute atomic E-state index is 0.0610. The highest BCUT2D eigenvalue weighted by Crippen LogP contribution is 2.38. The molecule has 0 N–H and O–H groups in total. The molecule has 4 rings (SSSR count). The van der Waals surface area contributed by atoms with Gasteiger partial charge in [0.15, 0.2) is 5.58 Å². The molecular formula is C19H13Br2NO3S. The fourth-order valence-corrected chi connectivity index (χ4v) is 5.63. The van der Waals surface area contributed by atoms with Crippen LogP contribution in [-0.2, 0) is 0 Å². The van der Waals surface area contributed by atoms with Crippen LogP contribution in [0.1, 0.15) is 21.3 Å². The molecule has 1 amide bonds. The van der Waals surface area contributed by atoms with Crippen LogP contribution in [0.5, 0.6) is 0 Å². The number of rotatable bonds is 2. The number of fused-ring (bicyclic) bond motifs is 1. The Kier molecular flexibility index (Phi) is 4.94. The minimum Gasteiger partial charge on any atom is -0.421 e. The molecule has 0 unspecified atom stereocenters. The van der Waals surface area contributed by atoms with E-state index in [2.05, 4.69) is 31.9 Å². The molecule has 0 bridgehead atoms. The van der Waals surface area contributed by atoms with Crippen molar-refractivity contribution in [1.29, 1.82) is 0 Å². The highest BCUT2D eigenvalue weighted by Gasteiger charge is 2.32. The summed E-state index contributed by atoms with van der Waals surface area (Å²) in [5, 5.41) is 0.602. The monoisotopic (exact) mass is 493 g/mol. The molecule has 1 atom stereocenters. The number of hydrogen-bond donors (Lipinski definition) is 0. The number of carbonyl (C=O) groups is 1. The Bertz CT molecular complexity index is 1050. The van der Waals surface area contributed by atoms with Crippen LogP contribution < -0.4 is 5.63 Å². The molecule has 1 aliphatic heterocycles. The van der Waals surface area contributed by atoms with Crippen LogP contribution in [0.2, 0.25) is 0 Å². The van der Waals surface area contributed by atoms with Crippen molar-refractivity contribution in [3.63, 3.8) is 0 Å². The molecule has 1 saturated heterocycles. The van der Waals surface area contributed by atoms with Crippen LogP contribution in [0.4, 0.5) is 0 Å². The van der Waals surface area contributed by atoms with Gasteiger partial charge in [-0.15, -0.1) is 11.8 Å². The van der Waals surface area contributed by atoms with E-state index in [0.717, 1.165) is 15.8 Å². The van der Waals surface area contributed by atoms with Gasteiger partial charge in [0.05, 0.1) is 4.47 Å². The molecule has 1 aromatic heterocycles. The summed E-state index contributed by atoms with van der Waals surface area (Å²) in [4.78, 5) is 27.3. The van der Waals surface area contributed by atoms with Gasteiger partial charge in [0, 0.05) is 22.2 Å². The first-order chi connectivity index (χ1) is 12.5. The summed E-state index contributed by atoms with van der Waals surface area (Å²) in [5.41, 5.74) is 0.935. The predicted molar refractivity (Wildman–Crippen MR) is 111 cm³/mol. The molecule has 0 radical (unpaired) electrons. The van der Waals surface area contributed by atoms with Crippen molar-refractivity contribution >= 4 is 60.5 Å². The van der Waals surface area contributed by atoms with Crippen LogP contribution in [-0.4, -0.2) is 23.1 Å². The lowest BCUT2D eigenvalue weighted by atomic mass is 10.1. The number of halogens is 2. The second-order valence-electron chi connectivity index (χ2n) is 5.89. The summed E-state index contributed by atoms with van der Waals surface area (Å²) < 4.78 is 6.92. The maximum absolute atomic E-state index is 13.1. The molecule has 2 aromatic carbocycles. The summed E-state index contributed by atoms with van der Waals surface area (Å²) >= 11 is 8.51. The molecule has 132 valence electrons. The third kappa shape index (κ3) is 3.23. The topological polar surface area (TPSA) is 50.5 Å². The maximum atomic E-state index is 13.1. The molecular weight excluding hydrogens is 482 g/mol. The number of benzene rings is 2. The van der Waals surface area contributed by atoms with E-state index in [-0.39, 0.29) is 16.8 Å². The van der Waals surface area contributed by atoms with Crippen LogP contribution in [0.3, 0.4) is 0 Å². The normalized spacial score (nSPS) is 17.0.